The number of hydrogen-bond donors (Lipinski definition) is 1. The summed E-state index contributed by atoms with van der Waals surface area (Å²) >= 11 is 0. The van der Waals surface area contributed by atoms with Gasteiger partial charge in [0.15, 0.2) is 0 Å². The molecule has 0 atom stereocenters. The summed E-state index contributed by atoms with van der Waals surface area (Å²) in [4.78, 5) is 10.2. The van der Waals surface area contributed by atoms with Crippen molar-refractivity contribution in [1.82, 2.24) is 0 Å². The molecule has 0 saturated heterocycles. The molecule has 0 aliphatic carbocycles. The Hall–Kier alpha value is -2.15. The average molecular weight is 470 g/mol. The van der Waals surface area contributed by atoms with Crippen LogP contribution in [0.2, 0.25) is 0 Å². The predicted octanol–water partition coefficient (Wildman–Crippen LogP) is 4.45. The summed E-state index contributed by atoms with van der Waals surface area (Å²) in [6.07, 6.45) is 1.85. The van der Waals surface area contributed by atoms with Gasteiger partial charge < -0.3 is 14.6 Å². The maximum atomic E-state index is 13.7. The van der Waals surface area contributed by atoms with E-state index in [2.05, 4.69) is 12.6 Å². The van der Waals surface area contributed by atoms with Crippen LogP contribution in [0.3, 0.4) is 0 Å². The molecule has 0 radical (unpaired) electrons. The Morgan fingerprint density at radius 3 is 2.24 bits per heavy atom. The molecule has 0 unspecified atom stereocenters. The summed E-state index contributed by atoms with van der Waals surface area (Å²) in [7, 11) is 0. The fourth-order valence-corrected chi connectivity index (χ4v) is 3.08. The van der Waals surface area contributed by atoms with Crippen LogP contribution in [0.4, 0.5) is 4.39 Å². The summed E-state index contributed by atoms with van der Waals surface area (Å²) in [5.74, 6) is 0.245. The zero-order valence-corrected chi connectivity index (χ0v) is 22.9. The predicted molar refractivity (Wildman–Crippen MR) is 128 cm³/mol. The van der Waals surface area contributed by atoms with Crippen LogP contribution in [-0.2, 0) is 0 Å². The van der Waals surface area contributed by atoms with Crippen LogP contribution < -0.4 is 56.1 Å². The number of carboxylic acid groups (broad SMARTS) is 1. The monoisotopic (exact) mass is 469 g/mol. The zero-order valence-electron chi connectivity index (χ0n) is 19.8. The molecule has 1 aliphatic heterocycles. The third-order valence-corrected chi connectivity index (χ3v) is 4.69. The topological polar surface area (TPSA) is 46.5 Å². The minimum absolute atomic E-state index is 0. The van der Waals surface area contributed by atoms with Gasteiger partial charge in [0.25, 0.3) is 0 Å². The van der Waals surface area contributed by atoms with E-state index in [1.807, 2.05) is 64.4 Å². The SMILES string of the molecule is C=C1C(C)=C(c2ccccc2)Oc2c([CH-]C)cc(F)cc21.CC.O=C(O)c1[c-]cccc1.[K+]. The number of allylic oxidation sites excluding steroid dienone is 2. The molecular formula is C28H27FKO3-. The van der Waals surface area contributed by atoms with Gasteiger partial charge in [-0.05, 0) is 29.7 Å². The van der Waals surface area contributed by atoms with E-state index in [-0.39, 0.29) is 62.8 Å². The van der Waals surface area contributed by atoms with E-state index in [4.69, 9.17) is 9.84 Å². The molecule has 1 N–H and O–H groups in total. The van der Waals surface area contributed by atoms with E-state index < -0.39 is 5.97 Å². The summed E-state index contributed by atoms with van der Waals surface area (Å²) in [6, 6.07) is 21.9. The molecule has 0 fully saturated rings. The standard InChI is InChI=1S/C19H16FO.C7H5O2.C2H6.K/c1-4-14-10-16(20)11-17-12(2)13(3)18(21-19(14)17)15-8-6-5-7-9-15;8-7(9)6-4-2-1-3-5-6;1-2;/h4-11H,2H2,1,3H3;1-4H,(H,8,9);1-2H3;/q2*-1;;+1. The van der Waals surface area contributed by atoms with E-state index in [0.29, 0.717) is 5.75 Å². The number of halogens is 1. The molecule has 0 bridgehead atoms. The van der Waals surface area contributed by atoms with Crippen molar-refractivity contribution in [2.24, 2.45) is 0 Å². The quantitative estimate of drug-likeness (QED) is 0.455. The van der Waals surface area contributed by atoms with Crippen molar-refractivity contribution in [1.29, 1.82) is 0 Å². The Bertz CT molecular complexity index is 1110. The molecule has 3 aromatic carbocycles. The maximum Gasteiger partial charge on any atom is 1.00 e. The molecule has 0 amide bonds. The molecular weight excluding hydrogens is 442 g/mol. The summed E-state index contributed by atoms with van der Waals surface area (Å²) in [5, 5.41) is 8.35. The van der Waals surface area contributed by atoms with Crippen molar-refractivity contribution in [3.05, 3.63) is 119 Å². The first-order valence-corrected chi connectivity index (χ1v) is 10.4. The van der Waals surface area contributed by atoms with E-state index in [1.54, 1.807) is 18.2 Å². The molecule has 166 valence electrons. The third-order valence-electron chi connectivity index (χ3n) is 4.69. The van der Waals surface area contributed by atoms with Crippen LogP contribution in [0.1, 0.15) is 54.7 Å². The van der Waals surface area contributed by atoms with E-state index in [9.17, 15) is 9.18 Å². The second-order valence-electron chi connectivity index (χ2n) is 6.64. The van der Waals surface area contributed by atoms with Gasteiger partial charge in [-0.2, -0.15) is 6.42 Å². The number of aromatic carboxylic acids is 1. The molecule has 0 spiro atoms. The Morgan fingerprint density at radius 1 is 1.09 bits per heavy atom. The van der Waals surface area contributed by atoms with E-state index in [1.165, 1.54) is 18.2 Å². The number of carbonyl (C=O) groups is 1. The van der Waals surface area contributed by atoms with Crippen LogP contribution in [-0.4, -0.2) is 11.1 Å². The van der Waals surface area contributed by atoms with Crippen LogP contribution >= 0.6 is 0 Å². The van der Waals surface area contributed by atoms with Crippen molar-refractivity contribution in [2.45, 2.75) is 27.7 Å². The minimum Gasteiger partial charge on any atom is -0.521 e. The smallest absolute Gasteiger partial charge is 0.521 e. The van der Waals surface area contributed by atoms with Crippen LogP contribution in [0, 0.1) is 18.3 Å². The first kappa shape index (κ1) is 28.9. The van der Waals surface area contributed by atoms with Gasteiger partial charge in [0.1, 0.15) is 5.76 Å². The summed E-state index contributed by atoms with van der Waals surface area (Å²) < 4.78 is 19.8. The molecule has 3 nitrogen and oxygen atoms in total. The Morgan fingerprint density at radius 2 is 1.73 bits per heavy atom. The Kier molecular flexibility index (Phi) is 12.4. The van der Waals surface area contributed by atoms with Crippen molar-refractivity contribution in [3.8, 4) is 5.75 Å². The molecule has 0 saturated carbocycles. The number of carboxylic acids is 1. The molecule has 1 heterocycles. The fraction of sp³-hybridized carbons (Fsp3) is 0.143. The van der Waals surface area contributed by atoms with Crippen molar-refractivity contribution >= 4 is 17.3 Å². The van der Waals surface area contributed by atoms with Crippen molar-refractivity contribution in [2.75, 3.05) is 0 Å². The van der Waals surface area contributed by atoms with Gasteiger partial charge in [0.05, 0.1) is 5.82 Å². The van der Waals surface area contributed by atoms with Gasteiger partial charge >= 0.3 is 51.4 Å². The van der Waals surface area contributed by atoms with Gasteiger partial charge in [-0.1, -0.05) is 63.2 Å². The second-order valence-corrected chi connectivity index (χ2v) is 6.64. The van der Waals surface area contributed by atoms with Crippen LogP contribution in [0.5, 0.6) is 5.75 Å². The maximum absolute atomic E-state index is 13.7. The fourth-order valence-electron chi connectivity index (χ4n) is 3.08. The number of benzene rings is 3. The number of hydrogen-bond acceptors (Lipinski definition) is 2. The first-order valence-electron chi connectivity index (χ1n) is 10.4. The molecule has 4 rings (SSSR count). The Balaban J connectivity index is 0.000000383. The number of rotatable bonds is 3. The molecule has 5 heteroatoms. The van der Waals surface area contributed by atoms with Crippen LogP contribution in [0.15, 0.2) is 78.9 Å². The molecule has 1 aliphatic rings. The Labute approximate surface area is 238 Å². The largest absolute Gasteiger partial charge is 1.00 e. The van der Waals surface area contributed by atoms with Gasteiger partial charge in [0.2, 0.25) is 5.97 Å². The van der Waals surface area contributed by atoms with Gasteiger partial charge in [-0.15, -0.1) is 42.0 Å². The molecule has 0 aromatic heterocycles. The molecule has 33 heavy (non-hydrogen) atoms. The van der Waals surface area contributed by atoms with Crippen LogP contribution in [0.25, 0.3) is 11.3 Å². The normalized spacial score (nSPS) is 11.4. The van der Waals surface area contributed by atoms with Crippen molar-refractivity contribution in [3.63, 3.8) is 0 Å². The summed E-state index contributed by atoms with van der Waals surface area (Å²) in [6.45, 7) is 11.9. The molecule has 3 aromatic rings. The third kappa shape index (κ3) is 7.42. The van der Waals surface area contributed by atoms with Gasteiger partial charge in [-0.25, -0.2) is 4.39 Å². The number of ether oxygens (including phenoxy) is 1. The summed E-state index contributed by atoms with van der Waals surface area (Å²) in [5.41, 5.74) is 4.40. The average Bonchev–Trinajstić information content (AvgIpc) is 2.84. The zero-order chi connectivity index (χ0) is 23.7. The first-order chi connectivity index (χ1) is 15.4. The van der Waals surface area contributed by atoms with Gasteiger partial charge in [0, 0.05) is 11.3 Å². The van der Waals surface area contributed by atoms with Gasteiger partial charge in [-0.3, -0.25) is 0 Å². The second kappa shape index (κ2) is 14.2. The van der Waals surface area contributed by atoms with E-state index >= 15 is 0 Å². The van der Waals surface area contributed by atoms with Crippen molar-refractivity contribution < 1.29 is 70.4 Å². The number of fused-ring (bicyclic) bond motifs is 1. The van der Waals surface area contributed by atoms with E-state index in [0.717, 1.165) is 33.6 Å². The minimum atomic E-state index is -0.935.